The van der Waals surface area contributed by atoms with Crippen molar-refractivity contribution < 1.29 is 4.21 Å². The number of aliphatic imine (C=N–C) groups is 1. The van der Waals surface area contributed by atoms with Gasteiger partial charge in [0.05, 0.1) is 5.69 Å². The van der Waals surface area contributed by atoms with Gasteiger partial charge >= 0.3 is 0 Å². The van der Waals surface area contributed by atoms with Crippen molar-refractivity contribution in [1.82, 2.24) is 4.90 Å². The largest absolute Gasteiger partial charge is 0.388 e. The van der Waals surface area contributed by atoms with E-state index in [0.717, 1.165) is 17.1 Å². The molecule has 24 heavy (non-hydrogen) atoms. The molecule has 4 N–H and O–H groups in total. The van der Waals surface area contributed by atoms with Gasteiger partial charge in [0.1, 0.15) is 21.7 Å². The van der Waals surface area contributed by atoms with Crippen LogP contribution in [0.3, 0.4) is 0 Å². The molecule has 0 aliphatic carbocycles. The molecule has 1 aliphatic heterocycles. The number of fused-ring (bicyclic) bond motifs is 1. The average molecular weight is 341 g/mol. The second-order valence-corrected chi connectivity index (χ2v) is 6.94. The molecular formula is C17H19N5OS. The fourth-order valence-electron chi connectivity index (χ4n) is 2.47. The zero-order chi connectivity index (χ0) is 17.3. The normalized spacial score (nSPS) is 17.0. The summed E-state index contributed by atoms with van der Waals surface area (Å²) in [4.78, 5) is 7.04. The van der Waals surface area contributed by atoms with Crippen LogP contribution in [0.25, 0.3) is 0 Å². The average Bonchev–Trinajstić information content (AvgIpc) is 2.61. The predicted octanol–water partition coefficient (Wildman–Crippen LogP) is 1.58. The van der Waals surface area contributed by atoms with Gasteiger partial charge in [-0.3, -0.25) is 5.01 Å². The third-order valence-corrected chi connectivity index (χ3v) is 4.93. The van der Waals surface area contributed by atoms with Gasteiger partial charge in [-0.15, -0.1) is 0 Å². The monoisotopic (exact) mass is 341 g/mol. The van der Waals surface area contributed by atoms with Crippen molar-refractivity contribution in [3.8, 4) is 0 Å². The first-order valence-corrected chi connectivity index (χ1v) is 8.52. The van der Waals surface area contributed by atoms with Gasteiger partial charge < -0.3 is 10.6 Å². The molecule has 0 bridgehead atoms. The summed E-state index contributed by atoms with van der Waals surface area (Å²) in [6.07, 6.45) is 0. The minimum atomic E-state index is -1.54. The lowest BCUT2D eigenvalue weighted by Gasteiger charge is -2.30. The van der Waals surface area contributed by atoms with Gasteiger partial charge in [0.15, 0.2) is 5.82 Å². The summed E-state index contributed by atoms with van der Waals surface area (Å²) < 4.78 is 12.7. The van der Waals surface area contributed by atoms with Crippen molar-refractivity contribution in [2.24, 2.45) is 16.6 Å². The summed E-state index contributed by atoms with van der Waals surface area (Å²) in [6.45, 7) is 0. The summed E-state index contributed by atoms with van der Waals surface area (Å²) in [5.41, 5.74) is 7.82. The highest BCUT2D eigenvalue weighted by atomic mass is 32.2. The molecule has 2 aromatic rings. The van der Waals surface area contributed by atoms with Crippen molar-refractivity contribution in [2.45, 2.75) is 4.90 Å². The molecule has 0 saturated carbocycles. The third kappa shape index (κ3) is 2.79. The Morgan fingerprint density at radius 2 is 1.71 bits per heavy atom. The topological polar surface area (TPSA) is 88.0 Å². The SMILES string of the molecule is CN(C)C1=N/C(=C(/N)S(=O)c2ccccc2)N(N)c2ccccc21. The molecule has 1 heterocycles. The van der Waals surface area contributed by atoms with E-state index in [1.807, 2.05) is 61.5 Å². The number of rotatable bonds is 2. The highest BCUT2D eigenvalue weighted by Gasteiger charge is 2.26. The number of hydrazine groups is 1. The first kappa shape index (κ1) is 16.2. The second kappa shape index (κ2) is 6.46. The van der Waals surface area contributed by atoms with Gasteiger partial charge in [-0.05, 0) is 24.3 Å². The van der Waals surface area contributed by atoms with Gasteiger partial charge in [-0.25, -0.2) is 15.0 Å². The predicted molar refractivity (Wildman–Crippen MR) is 97.4 cm³/mol. The maximum atomic E-state index is 12.7. The molecule has 1 unspecified atom stereocenters. The van der Waals surface area contributed by atoms with Gasteiger partial charge in [0.25, 0.3) is 0 Å². The van der Waals surface area contributed by atoms with Crippen LogP contribution in [0.1, 0.15) is 5.56 Å². The highest BCUT2D eigenvalue weighted by molar-refractivity contribution is 7.89. The van der Waals surface area contributed by atoms with Crippen LogP contribution >= 0.6 is 0 Å². The number of nitrogens with two attached hydrogens (primary N) is 2. The van der Waals surface area contributed by atoms with Gasteiger partial charge in [-0.2, -0.15) is 0 Å². The van der Waals surface area contributed by atoms with E-state index in [-0.39, 0.29) is 5.03 Å². The van der Waals surface area contributed by atoms with Crippen molar-refractivity contribution in [3.05, 3.63) is 71.0 Å². The van der Waals surface area contributed by atoms with Crippen LogP contribution in [0.4, 0.5) is 5.69 Å². The zero-order valence-electron chi connectivity index (χ0n) is 13.5. The second-order valence-electron chi connectivity index (χ2n) is 5.49. The molecule has 0 radical (unpaired) electrons. The van der Waals surface area contributed by atoms with E-state index in [1.165, 1.54) is 5.01 Å². The van der Waals surface area contributed by atoms with Crippen molar-refractivity contribution in [3.63, 3.8) is 0 Å². The van der Waals surface area contributed by atoms with E-state index in [9.17, 15) is 4.21 Å². The number of nitrogens with zero attached hydrogens (tertiary/aromatic N) is 3. The highest BCUT2D eigenvalue weighted by Crippen LogP contribution is 2.30. The van der Waals surface area contributed by atoms with E-state index in [4.69, 9.17) is 11.6 Å². The molecule has 0 amide bonds. The van der Waals surface area contributed by atoms with Gasteiger partial charge in [0.2, 0.25) is 0 Å². The third-order valence-electron chi connectivity index (χ3n) is 3.65. The number of hydrogen-bond donors (Lipinski definition) is 2. The van der Waals surface area contributed by atoms with Crippen molar-refractivity contribution in [1.29, 1.82) is 0 Å². The van der Waals surface area contributed by atoms with Crippen LogP contribution in [0.2, 0.25) is 0 Å². The van der Waals surface area contributed by atoms with Crippen LogP contribution in [0, 0.1) is 0 Å². The molecule has 124 valence electrons. The molecule has 0 saturated heterocycles. The van der Waals surface area contributed by atoms with E-state index in [1.54, 1.807) is 12.1 Å². The van der Waals surface area contributed by atoms with Crippen molar-refractivity contribution >= 4 is 22.3 Å². The fraction of sp³-hybridized carbons (Fsp3) is 0.118. The molecule has 0 spiro atoms. The number of benzene rings is 2. The molecule has 3 rings (SSSR count). The Balaban J connectivity index is 2.14. The molecule has 1 aliphatic rings. The summed E-state index contributed by atoms with van der Waals surface area (Å²) in [7, 11) is 2.24. The Morgan fingerprint density at radius 1 is 1.08 bits per heavy atom. The Kier molecular flexibility index (Phi) is 4.37. The molecule has 6 nitrogen and oxygen atoms in total. The molecule has 7 heteroatoms. The van der Waals surface area contributed by atoms with E-state index in [0.29, 0.717) is 10.7 Å². The van der Waals surface area contributed by atoms with E-state index < -0.39 is 10.8 Å². The zero-order valence-corrected chi connectivity index (χ0v) is 14.3. The van der Waals surface area contributed by atoms with Crippen LogP contribution in [0.5, 0.6) is 0 Å². The van der Waals surface area contributed by atoms with E-state index >= 15 is 0 Å². The summed E-state index contributed by atoms with van der Waals surface area (Å²) in [5, 5.41) is 1.51. The molecule has 0 fully saturated rings. The quantitative estimate of drug-likeness (QED) is 0.810. The number of para-hydroxylation sites is 1. The Bertz CT molecular complexity index is 845. The first-order valence-electron chi connectivity index (χ1n) is 7.37. The maximum absolute atomic E-state index is 12.7. The molecular weight excluding hydrogens is 322 g/mol. The van der Waals surface area contributed by atoms with E-state index in [2.05, 4.69) is 4.99 Å². The molecule has 1 atom stereocenters. The van der Waals surface area contributed by atoms with Crippen molar-refractivity contribution in [2.75, 3.05) is 19.1 Å². The lowest BCUT2D eigenvalue weighted by molar-refractivity contribution is 0.618. The summed E-state index contributed by atoms with van der Waals surface area (Å²) in [6, 6.07) is 16.6. The first-order chi connectivity index (χ1) is 11.5. The van der Waals surface area contributed by atoms with Crippen LogP contribution in [-0.2, 0) is 10.8 Å². The standard InChI is InChI=1S/C17H19N5OS/c1-21(2)16-13-10-6-7-11-14(13)22(19)17(20-16)15(18)24(23)12-8-4-3-5-9-12/h3-11H,18-19H2,1-2H3/b17-15+. The van der Waals surface area contributed by atoms with Crippen LogP contribution < -0.4 is 16.6 Å². The van der Waals surface area contributed by atoms with Crippen LogP contribution in [0.15, 0.2) is 75.3 Å². The maximum Gasteiger partial charge on any atom is 0.182 e. The Morgan fingerprint density at radius 3 is 2.38 bits per heavy atom. The molecule has 0 aromatic heterocycles. The Hall–Kier alpha value is -2.64. The molecule has 2 aromatic carbocycles. The lowest BCUT2D eigenvalue weighted by atomic mass is 10.1. The number of amidine groups is 1. The lowest BCUT2D eigenvalue weighted by Crippen LogP contribution is -2.39. The van der Waals surface area contributed by atoms with Gasteiger partial charge in [0, 0.05) is 24.6 Å². The minimum absolute atomic E-state index is 0.123. The minimum Gasteiger partial charge on any atom is -0.388 e. The van der Waals surface area contributed by atoms with Crippen LogP contribution in [-0.4, -0.2) is 29.0 Å². The smallest absolute Gasteiger partial charge is 0.182 e. The summed E-state index contributed by atoms with van der Waals surface area (Å²) >= 11 is 0. The summed E-state index contributed by atoms with van der Waals surface area (Å²) in [5.74, 6) is 7.21. The fourth-order valence-corrected chi connectivity index (χ4v) is 3.44. The van der Waals surface area contributed by atoms with Gasteiger partial charge in [-0.1, -0.05) is 30.3 Å². The number of hydrogen-bond acceptors (Lipinski definition) is 6. The number of anilines is 1. The Labute approximate surface area is 143 Å².